The number of halogens is 3. The van der Waals surface area contributed by atoms with Gasteiger partial charge in [-0.05, 0) is 25.1 Å². The average molecular weight is 406 g/mol. The third-order valence-electron chi connectivity index (χ3n) is 5.00. The summed E-state index contributed by atoms with van der Waals surface area (Å²) < 4.78 is 51.9. The van der Waals surface area contributed by atoms with Gasteiger partial charge in [-0.1, -0.05) is 0 Å². The van der Waals surface area contributed by atoms with Gasteiger partial charge in [0.1, 0.15) is 23.5 Å². The van der Waals surface area contributed by atoms with E-state index in [1.165, 1.54) is 11.0 Å². The molecule has 0 aromatic heterocycles. The van der Waals surface area contributed by atoms with E-state index in [1.54, 1.807) is 6.92 Å². The molecule has 152 valence electrons. The molecule has 1 saturated heterocycles. The Balaban J connectivity index is 1.41. The highest BCUT2D eigenvalue weighted by atomic mass is 19.1. The Morgan fingerprint density at radius 2 is 1.97 bits per heavy atom. The second-order valence-corrected chi connectivity index (χ2v) is 7.03. The highest BCUT2D eigenvalue weighted by molar-refractivity contribution is 6.00. The molecule has 2 aliphatic heterocycles. The number of likely N-dealkylation sites (tertiary alicyclic amines) is 1. The summed E-state index contributed by atoms with van der Waals surface area (Å²) in [4.78, 5) is 25.5. The van der Waals surface area contributed by atoms with Crippen molar-refractivity contribution in [2.75, 3.05) is 25.0 Å². The number of carbonyl (C=O) groups excluding carboxylic acids is 2. The predicted molar refractivity (Wildman–Crippen MR) is 96.4 cm³/mol. The highest BCUT2D eigenvalue weighted by Gasteiger charge is 2.37. The van der Waals surface area contributed by atoms with Crippen molar-refractivity contribution in [2.45, 2.75) is 13.0 Å². The minimum Gasteiger partial charge on any atom is -0.487 e. The van der Waals surface area contributed by atoms with Gasteiger partial charge in [-0.15, -0.1) is 0 Å². The number of hydrogen-bond acceptors (Lipinski definition) is 4. The van der Waals surface area contributed by atoms with E-state index in [0.717, 1.165) is 24.3 Å². The van der Waals surface area contributed by atoms with Gasteiger partial charge in [-0.3, -0.25) is 9.59 Å². The Hall–Kier alpha value is -3.23. The quantitative estimate of drug-likeness (QED) is 0.848. The molecule has 0 aliphatic carbocycles. The van der Waals surface area contributed by atoms with Crippen LogP contribution in [0, 0.1) is 23.4 Å². The zero-order chi connectivity index (χ0) is 20.7. The molecule has 2 heterocycles. The van der Waals surface area contributed by atoms with Crippen LogP contribution in [0.2, 0.25) is 0 Å². The lowest BCUT2D eigenvalue weighted by atomic mass is 9.93. The fourth-order valence-corrected chi connectivity index (χ4v) is 3.28. The van der Waals surface area contributed by atoms with Crippen molar-refractivity contribution in [3.8, 4) is 11.5 Å². The molecule has 1 N–H and O–H groups in total. The normalized spacial score (nSPS) is 17.0. The van der Waals surface area contributed by atoms with Crippen LogP contribution in [0.3, 0.4) is 0 Å². The number of nitrogens with zero attached hydrogens (tertiary/aromatic N) is 1. The van der Waals surface area contributed by atoms with Crippen LogP contribution in [0.25, 0.3) is 0 Å². The van der Waals surface area contributed by atoms with Crippen molar-refractivity contribution in [1.82, 2.24) is 4.90 Å². The van der Waals surface area contributed by atoms with E-state index >= 15 is 0 Å². The summed E-state index contributed by atoms with van der Waals surface area (Å²) in [6, 6.07) is 5.26. The minimum absolute atomic E-state index is 0.120. The maximum atomic E-state index is 14.3. The molecule has 0 spiro atoms. The van der Waals surface area contributed by atoms with E-state index in [-0.39, 0.29) is 54.3 Å². The molecule has 1 atom stereocenters. The number of carbonyl (C=O) groups is 2. The summed E-state index contributed by atoms with van der Waals surface area (Å²) in [5.41, 5.74) is 0.0547. The van der Waals surface area contributed by atoms with Gasteiger partial charge in [0, 0.05) is 31.1 Å². The fraction of sp³-hybridized carbons (Fsp3) is 0.300. The van der Waals surface area contributed by atoms with Gasteiger partial charge in [0.05, 0.1) is 11.3 Å². The van der Waals surface area contributed by atoms with Crippen LogP contribution in [0.4, 0.5) is 18.9 Å². The second-order valence-electron chi connectivity index (χ2n) is 7.03. The molecule has 1 unspecified atom stereocenters. The Bertz CT molecular complexity index is 992. The van der Waals surface area contributed by atoms with E-state index in [4.69, 9.17) is 9.47 Å². The summed E-state index contributed by atoms with van der Waals surface area (Å²) in [6.45, 7) is 2.03. The molecule has 6 nitrogen and oxygen atoms in total. The van der Waals surface area contributed by atoms with E-state index in [0.29, 0.717) is 0 Å². The van der Waals surface area contributed by atoms with E-state index in [1.807, 2.05) is 0 Å². The molecule has 0 saturated carbocycles. The summed E-state index contributed by atoms with van der Waals surface area (Å²) in [7, 11) is 0. The number of benzene rings is 2. The Morgan fingerprint density at radius 3 is 2.72 bits per heavy atom. The number of nitrogens with one attached hydrogen (secondary N) is 1. The molecule has 0 bridgehead atoms. The molecular weight excluding hydrogens is 389 g/mol. The first-order chi connectivity index (χ1) is 13.8. The van der Waals surface area contributed by atoms with Crippen LogP contribution in [0.1, 0.15) is 17.3 Å². The number of amides is 2. The zero-order valence-electron chi connectivity index (χ0n) is 15.4. The topological polar surface area (TPSA) is 67.9 Å². The van der Waals surface area contributed by atoms with Crippen molar-refractivity contribution >= 4 is 17.5 Å². The van der Waals surface area contributed by atoms with Gasteiger partial charge in [0.2, 0.25) is 0 Å². The van der Waals surface area contributed by atoms with Crippen molar-refractivity contribution < 1.29 is 32.2 Å². The van der Waals surface area contributed by atoms with Crippen molar-refractivity contribution in [3.63, 3.8) is 0 Å². The lowest BCUT2D eigenvalue weighted by molar-refractivity contribution is -0.118. The molecule has 2 amide bonds. The Kier molecular flexibility index (Phi) is 4.81. The van der Waals surface area contributed by atoms with Crippen LogP contribution < -0.4 is 14.8 Å². The first-order valence-corrected chi connectivity index (χ1v) is 8.99. The van der Waals surface area contributed by atoms with Crippen LogP contribution in [0.15, 0.2) is 30.3 Å². The molecule has 2 aromatic carbocycles. The average Bonchev–Trinajstić information content (AvgIpc) is 2.63. The third kappa shape index (κ3) is 3.72. The minimum atomic E-state index is -0.750. The standard InChI is InChI=1S/C20H17F3N2O4/c1-10(29-17-4-12(21)2-3-14(17)22)11-7-25(8-11)20(27)13-5-16-18(6-15(13)23)28-9-19(26)24-16/h2-6,10-11H,7-9H2,1H3,(H,24,26). The van der Waals surface area contributed by atoms with Crippen LogP contribution >= 0.6 is 0 Å². The molecule has 4 rings (SSSR count). The van der Waals surface area contributed by atoms with Crippen LogP contribution in [0.5, 0.6) is 11.5 Å². The second kappa shape index (κ2) is 7.31. The number of anilines is 1. The van der Waals surface area contributed by atoms with Crippen molar-refractivity contribution in [2.24, 2.45) is 5.92 Å². The summed E-state index contributed by atoms with van der Waals surface area (Å²) in [6.07, 6.45) is -0.476. The highest BCUT2D eigenvalue weighted by Crippen LogP contribution is 2.33. The predicted octanol–water partition coefficient (Wildman–Crippen LogP) is 2.97. The van der Waals surface area contributed by atoms with Crippen molar-refractivity contribution in [3.05, 3.63) is 53.3 Å². The number of hydrogen-bond donors (Lipinski definition) is 1. The van der Waals surface area contributed by atoms with E-state index in [9.17, 15) is 22.8 Å². The monoisotopic (exact) mass is 406 g/mol. The zero-order valence-corrected chi connectivity index (χ0v) is 15.4. The third-order valence-corrected chi connectivity index (χ3v) is 5.00. The SMILES string of the molecule is CC(Oc1cc(F)ccc1F)C1CN(C(=O)c2cc3c(cc2F)OCC(=O)N3)C1. The van der Waals surface area contributed by atoms with E-state index in [2.05, 4.69) is 5.32 Å². The maximum absolute atomic E-state index is 14.3. The molecule has 0 radical (unpaired) electrons. The number of rotatable bonds is 4. The summed E-state index contributed by atoms with van der Waals surface area (Å²) in [5.74, 6) is -3.11. The maximum Gasteiger partial charge on any atom is 0.262 e. The molecule has 29 heavy (non-hydrogen) atoms. The lowest BCUT2D eigenvalue weighted by Gasteiger charge is -2.42. The van der Waals surface area contributed by atoms with Crippen LogP contribution in [-0.2, 0) is 4.79 Å². The largest absolute Gasteiger partial charge is 0.487 e. The molecule has 2 aromatic rings. The Labute approximate surface area is 164 Å². The number of ether oxygens (including phenoxy) is 2. The number of fused-ring (bicyclic) bond motifs is 1. The van der Waals surface area contributed by atoms with E-state index < -0.39 is 29.5 Å². The first kappa shape index (κ1) is 19.1. The van der Waals surface area contributed by atoms with Crippen molar-refractivity contribution in [1.29, 1.82) is 0 Å². The van der Waals surface area contributed by atoms with Gasteiger partial charge in [-0.2, -0.15) is 0 Å². The van der Waals surface area contributed by atoms with Gasteiger partial charge >= 0.3 is 0 Å². The summed E-state index contributed by atoms with van der Waals surface area (Å²) in [5, 5.41) is 2.53. The lowest BCUT2D eigenvalue weighted by Crippen LogP contribution is -2.55. The van der Waals surface area contributed by atoms with Gasteiger partial charge in [-0.25, -0.2) is 13.2 Å². The van der Waals surface area contributed by atoms with Gasteiger partial charge in [0.25, 0.3) is 11.8 Å². The molecule has 2 aliphatic rings. The van der Waals surface area contributed by atoms with Crippen LogP contribution in [-0.4, -0.2) is 42.5 Å². The molecular formula is C20H17F3N2O4. The fourth-order valence-electron chi connectivity index (χ4n) is 3.28. The smallest absolute Gasteiger partial charge is 0.262 e. The summed E-state index contributed by atoms with van der Waals surface area (Å²) >= 11 is 0. The van der Waals surface area contributed by atoms with Gasteiger partial charge in [0.15, 0.2) is 18.2 Å². The molecule has 9 heteroatoms. The molecule has 1 fully saturated rings. The first-order valence-electron chi connectivity index (χ1n) is 8.99. The van der Waals surface area contributed by atoms with Gasteiger partial charge < -0.3 is 19.7 Å². The Morgan fingerprint density at radius 1 is 1.21 bits per heavy atom.